The van der Waals surface area contributed by atoms with Crippen molar-refractivity contribution < 1.29 is 28.8 Å². The Morgan fingerprint density at radius 2 is 1.57 bits per heavy atom. The number of nitrogens with one attached hydrogen (secondary N) is 1. The van der Waals surface area contributed by atoms with Crippen LogP contribution in [0.1, 0.15) is 45.3 Å². The van der Waals surface area contributed by atoms with Crippen LogP contribution in [0.4, 0.5) is 5.82 Å². The fourth-order valence-corrected chi connectivity index (χ4v) is 6.63. The summed E-state index contributed by atoms with van der Waals surface area (Å²) >= 11 is 0. The molecule has 1 aliphatic heterocycles. The number of amides is 1. The van der Waals surface area contributed by atoms with E-state index in [-0.39, 0.29) is 25.4 Å². The number of hydrogen-bond acceptors (Lipinski definition) is 10. The smallest absolute Gasteiger partial charge is 0.257 e. The van der Waals surface area contributed by atoms with Gasteiger partial charge in [-0.25, -0.2) is 15.0 Å². The molecule has 14 heteroatoms. The number of methoxy groups -OCH3 is 2. The Bertz CT molecular complexity index is 2190. The molecule has 1 saturated heterocycles. The summed E-state index contributed by atoms with van der Waals surface area (Å²) in [4.78, 5) is 29.3. The van der Waals surface area contributed by atoms with E-state index in [9.17, 15) is 9.90 Å². The average molecular weight is 713 g/mol. The van der Waals surface area contributed by atoms with Gasteiger partial charge in [0.05, 0.1) is 39.8 Å². The molecule has 4 aromatic carbocycles. The van der Waals surface area contributed by atoms with E-state index in [1.165, 1.54) is 6.33 Å². The zero-order chi connectivity index (χ0) is 36.8. The van der Waals surface area contributed by atoms with Gasteiger partial charge < -0.3 is 29.4 Å². The Hall–Kier alpha value is -6.31. The van der Waals surface area contributed by atoms with Crippen molar-refractivity contribution in [3.05, 3.63) is 154 Å². The van der Waals surface area contributed by atoms with Crippen LogP contribution in [-0.4, -0.2) is 63.6 Å². The molecule has 268 valence electrons. The number of nitrogens with zero attached hydrogens (tertiary/aromatic N) is 7. The third-order valence-corrected chi connectivity index (χ3v) is 9.31. The van der Waals surface area contributed by atoms with E-state index in [2.05, 4.69) is 30.3 Å². The predicted molar refractivity (Wildman–Crippen MR) is 195 cm³/mol. The molecule has 6 aromatic rings. The molecule has 1 amide bonds. The first-order chi connectivity index (χ1) is 25.9. The Morgan fingerprint density at radius 1 is 0.925 bits per heavy atom. The number of imidazole rings is 1. The minimum absolute atomic E-state index is 0.0206. The van der Waals surface area contributed by atoms with Crippen LogP contribution in [0.25, 0.3) is 21.6 Å². The minimum Gasteiger partial charge on any atom is -0.497 e. The van der Waals surface area contributed by atoms with Crippen molar-refractivity contribution in [2.45, 2.75) is 37.0 Å². The van der Waals surface area contributed by atoms with Gasteiger partial charge in [0.2, 0.25) is 0 Å². The number of aliphatic hydroxyl groups is 1. The monoisotopic (exact) mass is 712 g/mol. The summed E-state index contributed by atoms with van der Waals surface area (Å²) in [6.07, 6.45) is 0.873. The first kappa shape index (κ1) is 35.1. The van der Waals surface area contributed by atoms with Crippen LogP contribution in [0.15, 0.2) is 121 Å². The lowest BCUT2D eigenvalue weighted by Crippen LogP contribution is -2.38. The van der Waals surface area contributed by atoms with Gasteiger partial charge in [-0.1, -0.05) is 77.9 Å². The largest absolute Gasteiger partial charge is 0.497 e. The van der Waals surface area contributed by atoms with E-state index in [1.54, 1.807) is 49.4 Å². The van der Waals surface area contributed by atoms with E-state index in [0.29, 0.717) is 33.8 Å². The molecular formula is C39H36N8O6. The van der Waals surface area contributed by atoms with E-state index < -0.39 is 29.9 Å². The maximum absolute atomic E-state index is 13.3. The number of aromatic nitrogens is 4. The second-order valence-electron chi connectivity index (χ2n) is 12.3. The van der Waals surface area contributed by atoms with Gasteiger partial charge in [0.1, 0.15) is 35.8 Å². The van der Waals surface area contributed by atoms with E-state index in [4.69, 9.17) is 24.5 Å². The number of ether oxygens (including phenoxy) is 4. The standard InChI is InChI=1S/C39H36N8O6/c1-50-29-16-12-27(13-17-29)39(26-9-4-3-5-10-26,28-14-18-30(51-2)19-15-28)52-22-33-32(48)20-34(53-33)47-24-43-35-36(41-23-42-37(35)47)45-38(49)31-11-7-6-8-25(31)21-44-46-40/h3-19,23-24,32-34,48H,20-22H2,1-2H3,(H,41,42,45,49)/t32-,33+,34+/m0/s1. The van der Waals surface area contributed by atoms with Crippen molar-refractivity contribution in [1.29, 1.82) is 0 Å². The maximum Gasteiger partial charge on any atom is 0.257 e. The Balaban J connectivity index is 1.16. The number of rotatable bonds is 13. The number of anilines is 1. The molecule has 3 atom stereocenters. The fourth-order valence-electron chi connectivity index (χ4n) is 6.63. The Labute approximate surface area is 304 Å². The van der Waals surface area contributed by atoms with Gasteiger partial charge in [0.25, 0.3) is 5.91 Å². The highest BCUT2D eigenvalue weighted by Gasteiger charge is 2.42. The zero-order valence-corrected chi connectivity index (χ0v) is 28.9. The molecule has 2 N–H and O–H groups in total. The number of carbonyl (C=O) groups is 1. The highest BCUT2D eigenvalue weighted by Crippen LogP contribution is 2.43. The lowest BCUT2D eigenvalue weighted by molar-refractivity contribution is -0.0931. The van der Waals surface area contributed by atoms with Crippen LogP contribution in [0.5, 0.6) is 11.5 Å². The Kier molecular flexibility index (Phi) is 10.3. The van der Waals surface area contributed by atoms with Crippen molar-refractivity contribution in [2.24, 2.45) is 5.11 Å². The summed E-state index contributed by atoms with van der Waals surface area (Å²) in [5.41, 5.74) is 11.9. The molecule has 0 aliphatic carbocycles. The number of carbonyl (C=O) groups excluding carboxylic acids is 1. The first-order valence-electron chi connectivity index (χ1n) is 16.8. The van der Waals surface area contributed by atoms with E-state index in [0.717, 1.165) is 16.7 Å². The molecule has 7 rings (SSSR count). The number of aliphatic hydroxyl groups excluding tert-OH is 1. The van der Waals surface area contributed by atoms with Crippen molar-refractivity contribution in [1.82, 2.24) is 19.5 Å². The van der Waals surface area contributed by atoms with Crippen molar-refractivity contribution in [2.75, 3.05) is 26.1 Å². The summed E-state index contributed by atoms with van der Waals surface area (Å²) in [7, 11) is 3.24. The zero-order valence-electron chi connectivity index (χ0n) is 28.9. The normalized spacial score (nSPS) is 16.9. The fraction of sp³-hybridized carbons (Fsp3) is 0.231. The molecule has 1 fully saturated rings. The molecule has 0 unspecified atom stereocenters. The molecule has 1 aliphatic rings. The number of fused-ring (bicyclic) bond motifs is 1. The third kappa shape index (κ3) is 6.99. The summed E-state index contributed by atoms with van der Waals surface area (Å²) in [6, 6.07) is 32.2. The summed E-state index contributed by atoms with van der Waals surface area (Å²) in [5, 5.41) is 17.8. The highest BCUT2D eigenvalue weighted by molar-refractivity contribution is 6.07. The van der Waals surface area contributed by atoms with Crippen molar-refractivity contribution in [3.8, 4) is 11.5 Å². The van der Waals surface area contributed by atoms with Crippen molar-refractivity contribution in [3.63, 3.8) is 0 Å². The molecule has 2 aromatic heterocycles. The molecule has 3 heterocycles. The second kappa shape index (κ2) is 15.5. The van der Waals surface area contributed by atoms with Crippen LogP contribution >= 0.6 is 0 Å². The van der Waals surface area contributed by atoms with Crippen LogP contribution < -0.4 is 14.8 Å². The summed E-state index contributed by atoms with van der Waals surface area (Å²) in [6.45, 7) is 0.0512. The third-order valence-electron chi connectivity index (χ3n) is 9.31. The van der Waals surface area contributed by atoms with Gasteiger partial charge in [0, 0.05) is 16.9 Å². The first-order valence-corrected chi connectivity index (χ1v) is 16.8. The van der Waals surface area contributed by atoms with Gasteiger partial charge in [-0.3, -0.25) is 9.36 Å². The minimum atomic E-state index is -1.09. The molecule has 53 heavy (non-hydrogen) atoms. The highest BCUT2D eigenvalue weighted by atomic mass is 16.6. The number of azide groups is 1. The molecule has 0 saturated carbocycles. The Morgan fingerprint density at radius 3 is 2.23 bits per heavy atom. The van der Waals surface area contributed by atoms with Gasteiger partial charge >= 0.3 is 0 Å². The molecule has 0 spiro atoms. The molecule has 0 radical (unpaired) electrons. The van der Waals surface area contributed by atoms with Gasteiger partial charge in [0.15, 0.2) is 17.0 Å². The molecular weight excluding hydrogens is 676 g/mol. The van der Waals surface area contributed by atoms with Crippen molar-refractivity contribution >= 4 is 22.9 Å². The summed E-state index contributed by atoms with van der Waals surface area (Å²) in [5.74, 6) is 1.17. The van der Waals surface area contributed by atoms with Gasteiger partial charge in [-0.2, -0.15) is 0 Å². The topological polar surface area (TPSA) is 179 Å². The second-order valence-corrected chi connectivity index (χ2v) is 12.3. The van der Waals surface area contributed by atoms with Crippen LogP contribution in [0, 0.1) is 0 Å². The number of benzene rings is 4. The lowest BCUT2D eigenvalue weighted by atomic mass is 9.80. The summed E-state index contributed by atoms with van der Waals surface area (Å²) < 4.78 is 26.1. The SMILES string of the molecule is COc1ccc(C(OC[C@H]2O[C@@H](n3cnc4c(NC(=O)c5ccccc5CN=[N+]=[N-])ncnc43)C[C@@H]2O)(c2ccccc2)c2ccc(OC)cc2)cc1. The maximum atomic E-state index is 13.3. The van der Waals surface area contributed by atoms with E-state index >= 15 is 0 Å². The van der Waals surface area contributed by atoms with Gasteiger partial charge in [-0.05, 0) is 58.1 Å². The number of hydrogen-bond donors (Lipinski definition) is 2. The predicted octanol–water partition coefficient (Wildman–Crippen LogP) is 6.56. The lowest BCUT2D eigenvalue weighted by Gasteiger charge is -2.37. The van der Waals surface area contributed by atoms with Gasteiger partial charge in [-0.15, -0.1) is 0 Å². The van der Waals surface area contributed by atoms with Crippen LogP contribution in [0.3, 0.4) is 0 Å². The van der Waals surface area contributed by atoms with E-state index in [1.807, 2.05) is 78.9 Å². The molecule has 0 bridgehead atoms. The van der Waals surface area contributed by atoms with Crippen LogP contribution in [-0.2, 0) is 21.6 Å². The van der Waals surface area contributed by atoms with Crippen LogP contribution in [0.2, 0.25) is 0 Å². The molecule has 14 nitrogen and oxygen atoms in total. The quantitative estimate of drug-likeness (QED) is 0.0580. The average Bonchev–Trinajstić information content (AvgIpc) is 3.81.